The number of nitriles is 1. The molecule has 0 bridgehead atoms. The first-order chi connectivity index (χ1) is 15.0. The molecule has 0 aliphatic carbocycles. The summed E-state index contributed by atoms with van der Waals surface area (Å²) in [5.41, 5.74) is 2.35. The van der Waals surface area contributed by atoms with Crippen molar-refractivity contribution in [1.29, 1.82) is 5.26 Å². The fraction of sp³-hybridized carbons (Fsp3) is 0.304. The smallest absolute Gasteiger partial charge is 0.229 e. The number of ether oxygens (including phenoxy) is 2. The number of amides is 1. The Kier molecular flexibility index (Phi) is 5.96. The van der Waals surface area contributed by atoms with Gasteiger partial charge in [-0.25, -0.2) is 0 Å². The summed E-state index contributed by atoms with van der Waals surface area (Å²) in [7, 11) is 1.63. The summed E-state index contributed by atoms with van der Waals surface area (Å²) in [6, 6.07) is 15.1. The SMILES string of the molecule is CCOc1cc([C@@H]2CC(=O)N3CN(c4ccc(OC)cc4)CSC3=C2C#N)ccc1O. The summed E-state index contributed by atoms with van der Waals surface area (Å²) in [4.78, 5) is 16.9. The van der Waals surface area contributed by atoms with Crippen molar-refractivity contribution in [2.24, 2.45) is 0 Å². The molecule has 1 N–H and O–H groups in total. The lowest BCUT2D eigenvalue weighted by atomic mass is 9.86. The summed E-state index contributed by atoms with van der Waals surface area (Å²) in [5.74, 6) is 1.42. The predicted molar refractivity (Wildman–Crippen MR) is 119 cm³/mol. The predicted octanol–water partition coefficient (Wildman–Crippen LogP) is 4.02. The topological polar surface area (TPSA) is 86.0 Å². The van der Waals surface area contributed by atoms with Crippen LogP contribution >= 0.6 is 11.8 Å². The average Bonchev–Trinajstić information content (AvgIpc) is 2.80. The number of hydrogen-bond donors (Lipinski definition) is 1. The van der Waals surface area contributed by atoms with Gasteiger partial charge in [0.1, 0.15) is 5.75 Å². The first-order valence-electron chi connectivity index (χ1n) is 9.97. The second-order valence-electron chi connectivity index (χ2n) is 7.22. The van der Waals surface area contributed by atoms with Crippen LogP contribution in [0.5, 0.6) is 17.2 Å². The highest BCUT2D eigenvalue weighted by Crippen LogP contribution is 2.44. The van der Waals surface area contributed by atoms with E-state index in [1.165, 1.54) is 11.8 Å². The van der Waals surface area contributed by atoms with Crippen molar-refractivity contribution in [3.05, 3.63) is 58.6 Å². The maximum absolute atomic E-state index is 13.1. The van der Waals surface area contributed by atoms with Crippen LogP contribution in [0.4, 0.5) is 5.69 Å². The largest absolute Gasteiger partial charge is 0.504 e. The third-order valence-corrected chi connectivity index (χ3v) is 6.57. The molecule has 1 saturated heterocycles. The normalized spacial score (nSPS) is 18.5. The van der Waals surface area contributed by atoms with Crippen molar-refractivity contribution in [2.45, 2.75) is 19.3 Å². The number of carbonyl (C=O) groups excluding carboxylic acids is 1. The van der Waals surface area contributed by atoms with Gasteiger partial charge in [-0.2, -0.15) is 5.26 Å². The van der Waals surface area contributed by atoms with Gasteiger partial charge < -0.3 is 19.5 Å². The molecule has 7 nitrogen and oxygen atoms in total. The van der Waals surface area contributed by atoms with Crippen LogP contribution in [-0.4, -0.2) is 42.2 Å². The Morgan fingerprint density at radius 2 is 2.03 bits per heavy atom. The Balaban J connectivity index is 1.63. The minimum Gasteiger partial charge on any atom is -0.504 e. The fourth-order valence-electron chi connectivity index (χ4n) is 3.82. The van der Waals surface area contributed by atoms with E-state index in [2.05, 4.69) is 11.0 Å². The lowest BCUT2D eigenvalue weighted by molar-refractivity contribution is -0.129. The Labute approximate surface area is 185 Å². The van der Waals surface area contributed by atoms with Gasteiger partial charge in [0, 0.05) is 18.0 Å². The van der Waals surface area contributed by atoms with Gasteiger partial charge in [-0.05, 0) is 48.9 Å². The number of benzene rings is 2. The lowest BCUT2D eigenvalue weighted by Crippen LogP contribution is -2.47. The van der Waals surface area contributed by atoms with Crippen LogP contribution in [0.2, 0.25) is 0 Å². The molecule has 1 amide bonds. The Morgan fingerprint density at radius 1 is 1.26 bits per heavy atom. The first-order valence-corrected chi connectivity index (χ1v) is 11.0. The molecule has 2 aromatic rings. The molecule has 2 aliphatic rings. The van der Waals surface area contributed by atoms with Crippen molar-refractivity contribution in [3.63, 3.8) is 0 Å². The maximum atomic E-state index is 13.1. The molecule has 1 atom stereocenters. The van der Waals surface area contributed by atoms with E-state index in [4.69, 9.17) is 9.47 Å². The van der Waals surface area contributed by atoms with E-state index in [-0.39, 0.29) is 24.0 Å². The number of carbonyl (C=O) groups is 1. The summed E-state index contributed by atoms with van der Waals surface area (Å²) < 4.78 is 10.7. The van der Waals surface area contributed by atoms with Crippen LogP contribution in [-0.2, 0) is 4.79 Å². The van der Waals surface area contributed by atoms with Gasteiger partial charge in [-0.1, -0.05) is 17.8 Å². The standard InChI is InChI=1S/C23H23N3O4S/c1-3-30-21-10-15(4-9-20(21)27)18-11-22(28)26-13-25(14-31-23(26)19(18)12-24)16-5-7-17(29-2)8-6-16/h4-10,18,27H,3,11,13-14H2,1-2H3/t18-/m0/s1. The molecule has 8 heteroatoms. The maximum Gasteiger partial charge on any atom is 0.229 e. The number of nitrogens with zero attached hydrogens (tertiary/aromatic N) is 3. The van der Waals surface area contributed by atoms with E-state index in [9.17, 15) is 15.2 Å². The summed E-state index contributed by atoms with van der Waals surface area (Å²) in [6.07, 6.45) is 0.194. The fourth-order valence-corrected chi connectivity index (χ4v) is 4.99. The van der Waals surface area contributed by atoms with Gasteiger partial charge in [0.05, 0.1) is 42.9 Å². The van der Waals surface area contributed by atoms with Crippen LogP contribution in [0.25, 0.3) is 0 Å². The Morgan fingerprint density at radius 3 is 2.71 bits per heavy atom. The third kappa shape index (κ3) is 4.01. The number of rotatable bonds is 5. The summed E-state index contributed by atoms with van der Waals surface area (Å²) in [6.45, 7) is 2.65. The highest BCUT2D eigenvalue weighted by atomic mass is 32.2. The van der Waals surface area contributed by atoms with Crippen LogP contribution < -0.4 is 14.4 Å². The second-order valence-corrected chi connectivity index (χ2v) is 8.16. The zero-order valence-electron chi connectivity index (χ0n) is 17.4. The lowest BCUT2D eigenvalue weighted by Gasteiger charge is -2.42. The summed E-state index contributed by atoms with van der Waals surface area (Å²) in [5, 5.41) is 20.7. The van der Waals surface area contributed by atoms with E-state index in [0.29, 0.717) is 35.5 Å². The molecule has 2 heterocycles. The van der Waals surface area contributed by atoms with Crippen molar-refractivity contribution in [2.75, 3.05) is 31.2 Å². The van der Waals surface area contributed by atoms with Gasteiger partial charge in [-0.15, -0.1) is 0 Å². The zero-order chi connectivity index (χ0) is 22.0. The van der Waals surface area contributed by atoms with Crippen molar-refractivity contribution >= 4 is 23.4 Å². The van der Waals surface area contributed by atoms with Gasteiger partial charge >= 0.3 is 0 Å². The Bertz CT molecular complexity index is 1060. The van der Waals surface area contributed by atoms with E-state index in [0.717, 1.165) is 17.0 Å². The summed E-state index contributed by atoms with van der Waals surface area (Å²) >= 11 is 1.49. The Hall–Kier alpha value is -3.31. The van der Waals surface area contributed by atoms with Gasteiger partial charge in [0.15, 0.2) is 11.5 Å². The van der Waals surface area contributed by atoms with Crippen molar-refractivity contribution < 1.29 is 19.4 Å². The molecule has 31 heavy (non-hydrogen) atoms. The molecule has 0 aromatic heterocycles. The minimum atomic E-state index is -0.358. The van der Waals surface area contributed by atoms with E-state index >= 15 is 0 Å². The molecule has 4 rings (SSSR count). The molecule has 2 aliphatic heterocycles. The number of allylic oxidation sites excluding steroid dienone is 1. The van der Waals surface area contributed by atoms with Gasteiger partial charge in [-0.3, -0.25) is 9.69 Å². The molecule has 0 unspecified atom stereocenters. The number of fused-ring (bicyclic) bond motifs is 1. The number of methoxy groups -OCH3 is 1. The number of hydrogen-bond acceptors (Lipinski definition) is 7. The van der Waals surface area contributed by atoms with Crippen LogP contribution in [0.3, 0.4) is 0 Å². The van der Waals surface area contributed by atoms with E-state index < -0.39 is 0 Å². The van der Waals surface area contributed by atoms with Crippen molar-refractivity contribution in [3.8, 4) is 23.3 Å². The number of anilines is 1. The highest BCUT2D eigenvalue weighted by Gasteiger charge is 2.38. The van der Waals surface area contributed by atoms with Gasteiger partial charge in [0.25, 0.3) is 0 Å². The molecular weight excluding hydrogens is 414 g/mol. The van der Waals surface area contributed by atoms with Crippen LogP contribution in [0, 0.1) is 11.3 Å². The number of phenols is 1. The molecule has 2 aromatic carbocycles. The number of thioether (sulfide) groups is 1. The van der Waals surface area contributed by atoms with E-state index in [1.807, 2.05) is 31.2 Å². The first kappa shape index (κ1) is 20.9. The quantitative estimate of drug-likeness (QED) is 0.756. The molecule has 160 valence electrons. The van der Waals surface area contributed by atoms with Crippen LogP contribution in [0.1, 0.15) is 24.8 Å². The van der Waals surface area contributed by atoms with Crippen LogP contribution in [0.15, 0.2) is 53.1 Å². The molecule has 1 fully saturated rings. The zero-order valence-corrected chi connectivity index (χ0v) is 18.2. The molecule has 0 spiro atoms. The van der Waals surface area contributed by atoms with Gasteiger partial charge in [0.2, 0.25) is 5.91 Å². The molecule has 0 saturated carbocycles. The number of phenolic OH excluding ortho intramolecular Hbond substituents is 1. The molecule has 0 radical (unpaired) electrons. The second kappa shape index (κ2) is 8.82. The average molecular weight is 438 g/mol. The van der Waals surface area contributed by atoms with E-state index in [1.54, 1.807) is 30.2 Å². The number of aromatic hydroxyl groups is 1. The van der Waals surface area contributed by atoms with Crippen molar-refractivity contribution in [1.82, 2.24) is 4.90 Å². The molecular formula is C23H23N3O4S. The minimum absolute atomic E-state index is 0.0317. The highest BCUT2D eigenvalue weighted by molar-refractivity contribution is 8.03. The third-order valence-electron chi connectivity index (χ3n) is 5.42. The monoisotopic (exact) mass is 437 g/mol.